The molecule has 22 heavy (non-hydrogen) atoms. The van der Waals surface area contributed by atoms with E-state index in [1.807, 2.05) is 31.2 Å². The van der Waals surface area contributed by atoms with Crippen molar-refractivity contribution >= 4 is 5.97 Å². The maximum absolute atomic E-state index is 10.8. The number of para-hydroxylation sites is 1. The molecule has 0 saturated carbocycles. The Kier molecular flexibility index (Phi) is 5.21. The Morgan fingerprint density at radius 2 is 2.14 bits per heavy atom. The van der Waals surface area contributed by atoms with E-state index < -0.39 is 11.9 Å². The molecule has 0 fully saturated rings. The van der Waals surface area contributed by atoms with Gasteiger partial charge in [-0.1, -0.05) is 18.2 Å². The van der Waals surface area contributed by atoms with Crippen molar-refractivity contribution in [1.29, 1.82) is 5.26 Å². The van der Waals surface area contributed by atoms with Crippen molar-refractivity contribution in [2.45, 2.75) is 25.7 Å². The molecular weight excluding hydrogens is 282 g/mol. The fourth-order valence-corrected chi connectivity index (χ4v) is 2.11. The summed E-state index contributed by atoms with van der Waals surface area (Å²) in [4.78, 5) is 10.8. The predicted molar refractivity (Wildman–Crippen MR) is 79.9 cm³/mol. The van der Waals surface area contributed by atoms with Gasteiger partial charge in [0.25, 0.3) is 0 Å². The van der Waals surface area contributed by atoms with E-state index in [0.717, 1.165) is 11.3 Å². The lowest BCUT2D eigenvalue weighted by atomic mass is 10.0. The molecule has 5 heteroatoms. The van der Waals surface area contributed by atoms with Crippen LogP contribution in [0, 0.1) is 18.3 Å². The van der Waals surface area contributed by atoms with Gasteiger partial charge in [-0.25, -0.2) is 4.79 Å². The van der Waals surface area contributed by atoms with Gasteiger partial charge in [-0.05, 0) is 43.5 Å². The average Bonchev–Trinajstić information content (AvgIpc) is 2.99. The smallest absolute Gasteiger partial charge is 0.371 e. The Labute approximate surface area is 128 Å². The van der Waals surface area contributed by atoms with Crippen molar-refractivity contribution in [3.63, 3.8) is 0 Å². The molecule has 1 aromatic carbocycles. The van der Waals surface area contributed by atoms with Gasteiger partial charge in [0.2, 0.25) is 5.76 Å². The molecule has 114 valence electrons. The molecule has 1 atom stereocenters. The summed E-state index contributed by atoms with van der Waals surface area (Å²) in [6.45, 7) is 2.47. The van der Waals surface area contributed by atoms with Crippen LogP contribution in [-0.2, 0) is 0 Å². The highest BCUT2D eigenvalue weighted by Crippen LogP contribution is 2.23. The molecule has 1 N–H and O–H groups in total. The quantitative estimate of drug-likeness (QED) is 0.787. The number of carboxylic acids is 1. The third-order valence-corrected chi connectivity index (χ3v) is 3.33. The molecule has 0 radical (unpaired) electrons. The number of rotatable bonds is 7. The Balaban J connectivity index is 1.85. The average molecular weight is 299 g/mol. The first-order valence-corrected chi connectivity index (χ1v) is 7.03. The first-order chi connectivity index (χ1) is 10.6. The topological polar surface area (TPSA) is 83.5 Å². The van der Waals surface area contributed by atoms with Crippen molar-refractivity contribution in [2.24, 2.45) is 0 Å². The molecule has 0 aliphatic heterocycles. The van der Waals surface area contributed by atoms with Gasteiger partial charge in [0, 0.05) is 0 Å². The third-order valence-electron chi connectivity index (χ3n) is 3.33. The Morgan fingerprint density at radius 3 is 2.77 bits per heavy atom. The molecular formula is C17H17NO4. The van der Waals surface area contributed by atoms with Gasteiger partial charge in [0.15, 0.2) is 0 Å². The van der Waals surface area contributed by atoms with Gasteiger partial charge in [-0.2, -0.15) is 5.26 Å². The highest BCUT2D eigenvalue weighted by Gasteiger charge is 2.17. The summed E-state index contributed by atoms with van der Waals surface area (Å²) < 4.78 is 10.8. The monoisotopic (exact) mass is 299 g/mol. The molecule has 1 heterocycles. The second kappa shape index (κ2) is 7.32. The lowest BCUT2D eigenvalue weighted by molar-refractivity contribution is 0.0660. The maximum atomic E-state index is 10.8. The molecule has 0 spiro atoms. The molecule has 1 unspecified atom stereocenters. The number of ether oxygens (including phenoxy) is 1. The minimum atomic E-state index is -1.13. The first-order valence-electron chi connectivity index (χ1n) is 7.03. The van der Waals surface area contributed by atoms with Crippen LogP contribution in [0.3, 0.4) is 0 Å². The zero-order valence-electron chi connectivity index (χ0n) is 12.3. The van der Waals surface area contributed by atoms with E-state index in [1.165, 1.54) is 6.07 Å². The van der Waals surface area contributed by atoms with Gasteiger partial charge in [-0.15, -0.1) is 0 Å². The van der Waals surface area contributed by atoms with E-state index in [9.17, 15) is 10.1 Å². The fourth-order valence-electron chi connectivity index (χ4n) is 2.11. The van der Waals surface area contributed by atoms with Crippen molar-refractivity contribution in [1.82, 2.24) is 0 Å². The number of aromatic carboxylic acids is 1. The Morgan fingerprint density at radius 1 is 1.36 bits per heavy atom. The molecule has 0 aliphatic rings. The summed E-state index contributed by atoms with van der Waals surface area (Å²) in [5, 5.41) is 18.0. The van der Waals surface area contributed by atoms with E-state index in [-0.39, 0.29) is 5.76 Å². The van der Waals surface area contributed by atoms with E-state index in [0.29, 0.717) is 25.2 Å². The molecule has 2 aromatic rings. The highest BCUT2D eigenvalue weighted by molar-refractivity contribution is 5.84. The van der Waals surface area contributed by atoms with Gasteiger partial charge in [0.1, 0.15) is 17.4 Å². The first kappa shape index (κ1) is 15.6. The van der Waals surface area contributed by atoms with Crippen LogP contribution in [0.15, 0.2) is 40.8 Å². The summed E-state index contributed by atoms with van der Waals surface area (Å²) in [7, 11) is 0. The van der Waals surface area contributed by atoms with Crippen LogP contribution < -0.4 is 4.74 Å². The van der Waals surface area contributed by atoms with Crippen molar-refractivity contribution in [2.75, 3.05) is 6.61 Å². The van der Waals surface area contributed by atoms with Gasteiger partial charge < -0.3 is 14.3 Å². The number of nitriles is 1. The predicted octanol–water partition coefficient (Wildman–Crippen LogP) is 3.75. The van der Waals surface area contributed by atoms with Crippen LogP contribution >= 0.6 is 0 Å². The SMILES string of the molecule is Cc1ccccc1OCCCC(C#N)c1ccc(C(=O)O)o1. The van der Waals surface area contributed by atoms with E-state index in [2.05, 4.69) is 6.07 Å². The number of aryl methyl sites for hydroxylation is 1. The van der Waals surface area contributed by atoms with Crippen LogP contribution in [0.2, 0.25) is 0 Å². The molecule has 0 amide bonds. The fraction of sp³-hybridized carbons (Fsp3) is 0.294. The van der Waals surface area contributed by atoms with Crippen LogP contribution in [0.1, 0.15) is 40.6 Å². The van der Waals surface area contributed by atoms with Crippen molar-refractivity contribution in [3.05, 3.63) is 53.5 Å². The standard InChI is InChI=1S/C17H17NO4/c1-12-5-2-3-7-14(12)21-10-4-6-13(11-18)15-8-9-16(22-15)17(19)20/h2-3,5,7-9,13H,4,6,10H2,1H3,(H,19,20). The molecule has 2 rings (SSSR count). The number of benzene rings is 1. The normalized spacial score (nSPS) is 11.6. The summed E-state index contributed by atoms with van der Waals surface area (Å²) in [5.74, 6) is -0.524. The largest absolute Gasteiger partial charge is 0.493 e. The summed E-state index contributed by atoms with van der Waals surface area (Å²) in [5.41, 5.74) is 1.07. The molecule has 0 saturated heterocycles. The highest BCUT2D eigenvalue weighted by atomic mass is 16.5. The number of furan rings is 1. The van der Waals surface area contributed by atoms with Crippen LogP contribution in [0.4, 0.5) is 0 Å². The maximum Gasteiger partial charge on any atom is 0.371 e. The summed E-state index contributed by atoms with van der Waals surface area (Å²) in [6.07, 6.45) is 1.23. The van der Waals surface area contributed by atoms with E-state index >= 15 is 0 Å². The van der Waals surface area contributed by atoms with Crippen LogP contribution in [-0.4, -0.2) is 17.7 Å². The van der Waals surface area contributed by atoms with Crippen LogP contribution in [0.5, 0.6) is 5.75 Å². The van der Waals surface area contributed by atoms with Gasteiger partial charge in [0.05, 0.1) is 12.7 Å². The second-order valence-electron chi connectivity index (χ2n) is 4.95. The van der Waals surface area contributed by atoms with E-state index in [1.54, 1.807) is 6.07 Å². The summed E-state index contributed by atoms with van der Waals surface area (Å²) in [6, 6.07) is 12.8. The van der Waals surface area contributed by atoms with Crippen molar-refractivity contribution in [3.8, 4) is 11.8 Å². The number of carboxylic acid groups (broad SMARTS) is 1. The number of hydrogen-bond donors (Lipinski definition) is 1. The molecule has 5 nitrogen and oxygen atoms in total. The molecule has 0 bridgehead atoms. The Hall–Kier alpha value is -2.74. The Bertz CT molecular complexity index is 684. The lowest BCUT2D eigenvalue weighted by Gasteiger charge is -2.10. The third kappa shape index (κ3) is 3.89. The van der Waals surface area contributed by atoms with E-state index in [4.69, 9.17) is 14.3 Å². The zero-order chi connectivity index (χ0) is 15.9. The van der Waals surface area contributed by atoms with Crippen molar-refractivity contribution < 1.29 is 19.1 Å². The minimum Gasteiger partial charge on any atom is -0.493 e. The second-order valence-corrected chi connectivity index (χ2v) is 4.95. The van der Waals surface area contributed by atoms with Crippen LogP contribution in [0.25, 0.3) is 0 Å². The zero-order valence-corrected chi connectivity index (χ0v) is 12.3. The molecule has 0 aliphatic carbocycles. The van der Waals surface area contributed by atoms with Gasteiger partial charge >= 0.3 is 5.97 Å². The molecule has 1 aromatic heterocycles. The minimum absolute atomic E-state index is 0.147. The number of nitrogens with zero attached hydrogens (tertiary/aromatic N) is 1. The number of hydrogen-bond acceptors (Lipinski definition) is 4. The number of carbonyl (C=O) groups is 1. The summed E-state index contributed by atoms with van der Waals surface area (Å²) >= 11 is 0. The lowest BCUT2D eigenvalue weighted by Crippen LogP contribution is -2.02. The van der Waals surface area contributed by atoms with Gasteiger partial charge in [-0.3, -0.25) is 0 Å².